The lowest BCUT2D eigenvalue weighted by molar-refractivity contribution is -0.140. The number of fused-ring (bicyclic) bond motifs is 3. The molecule has 3 atom stereocenters. The number of carbonyl (C=O) groups excluding carboxylic acids is 1. The number of imidazole rings is 1. The molecule has 2 fully saturated rings. The molecular formula is C34H42F4N8O. The van der Waals surface area contributed by atoms with E-state index in [1.807, 2.05) is 13.8 Å². The van der Waals surface area contributed by atoms with Crippen LogP contribution in [0.1, 0.15) is 50.2 Å². The maximum Gasteiger partial charge on any atom is 0.434 e. The molecule has 0 bridgehead atoms. The van der Waals surface area contributed by atoms with Gasteiger partial charge in [0.2, 0.25) is 5.91 Å². The van der Waals surface area contributed by atoms with E-state index in [4.69, 9.17) is 5.26 Å². The third-order valence-electron chi connectivity index (χ3n) is 9.83. The van der Waals surface area contributed by atoms with Crippen LogP contribution in [0, 0.1) is 17.1 Å². The number of nitriles is 1. The minimum atomic E-state index is -4.64. The molecule has 0 saturated carbocycles. The lowest BCUT2D eigenvalue weighted by atomic mass is 9.90. The standard InChI is InChI=1S/C34H42F4N8O/c1-22-16-44(27(15-40-22)18-43-12-11-42(10-9-39)17-23(43)2)20-30(47)46-21-33(3,4)31-28(46)14-25(13-24-5-7-26(35)8-6-24)32-41-29(19-45(31)32)34(36,37)38/h5-8,14,19,22-23,27,40H,10-13,15-18,20-21H2,1-4H3/t22-,23-,27-/m1/s1. The van der Waals surface area contributed by atoms with Crippen LogP contribution in [-0.4, -0.2) is 107 Å². The maximum atomic E-state index is 14.3. The fourth-order valence-corrected chi connectivity index (χ4v) is 7.46. The van der Waals surface area contributed by atoms with E-state index < -0.39 is 23.1 Å². The van der Waals surface area contributed by atoms with E-state index in [2.05, 4.69) is 44.9 Å². The average molecular weight is 655 g/mol. The van der Waals surface area contributed by atoms with E-state index in [9.17, 15) is 22.4 Å². The normalized spacial score (nSPS) is 24.1. The van der Waals surface area contributed by atoms with Gasteiger partial charge in [0.05, 0.1) is 30.5 Å². The number of halogens is 4. The fraction of sp³-hybridized carbons (Fsp3) is 0.559. The van der Waals surface area contributed by atoms with Crippen molar-refractivity contribution in [2.75, 3.05) is 63.8 Å². The van der Waals surface area contributed by atoms with Crippen LogP contribution in [0.15, 0.2) is 36.5 Å². The Morgan fingerprint density at radius 2 is 1.87 bits per heavy atom. The van der Waals surface area contributed by atoms with Crippen LogP contribution in [0.25, 0.3) is 5.65 Å². The second kappa shape index (κ2) is 12.8. The SMILES string of the molecule is C[C@@H]1CN(CC(=O)N2CC(C)(C)c3c2cc(Cc2ccc(F)cc2)c2nc(C(F)(F)F)cn32)[C@@H](CN2CCN(CC#N)C[C@H]2C)CN1. The smallest absolute Gasteiger partial charge is 0.311 e. The largest absolute Gasteiger partial charge is 0.434 e. The number of hydrogen-bond donors (Lipinski definition) is 1. The van der Waals surface area contributed by atoms with Crippen molar-refractivity contribution in [1.29, 1.82) is 5.26 Å². The number of aromatic nitrogens is 2. The summed E-state index contributed by atoms with van der Waals surface area (Å²) in [6.07, 6.45) is -3.38. The number of nitrogens with zero attached hydrogens (tertiary/aromatic N) is 7. The molecule has 3 aliphatic rings. The Balaban J connectivity index is 1.30. The van der Waals surface area contributed by atoms with Gasteiger partial charge >= 0.3 is 6.18 Å². The van der Waals surface area contributed by atoms with Crippen molar-refractivity contribution < 1.29 is 22.4 Å². The highest BCUT2D eigenvalue weighted by Gasteiger charge is 2.43. The first kappa shape index (κ1) is 33.3. The van der Waals surface area contributed by atoms with Gasteiger partial charge in [-0.2, -0.15) is 18.4 Å². The molecule has 5 heterocycles. The summed E-state index contributed by atoms with van der Waals surface area (Å²) in [6, 6.07) is 10.5. The van der Waals surface area contributed by atoms with Crippen LogP contribution in [0.2, 0.25) is 0 Å². The van der Waals surface area contributed by atoms with Gasteiger partial charge in [-0.3, -0.25) is 19.5 Å². The van der Waals surface area contributed by atoms with Crippen molar-refractivity contribution in [2.24, 2.45) is 0 Å². The number of rotatable bonds is 7. The molecule has 0 spiro atoms. The Kier molecular flexibility index (Phi) is 9.08. The van der Waals surface area contributed by atoms with E-state index in [0.717, 1.165) is 44.5 Å². The van der Waals surface area contributed by atoms with Gasteiger partial charge < -0.3 is 14.6 Å². The van der Waals surface area contributed by atoms with Crippen molar-refractivity contribution in [3.63, 3.8) is 0 Å². The number of anilines is 1. The van der Waals surface area contributed by atoms with Crippen LogP contribution in [0.5, 0.6) is 0 Å². The molecule has 1 aromatic carbocycles. The summed E-state index contributed by atoms with van der Waals surface area (Å²) in [7, 11) is 0. The molecule has 0 radical (unpaired) electrons. The Hall–Kier alpha value is -3.57. The molecule has 2 saturated heterocycles. The van der Waals surface area contributed by atoms with E-state index in [0.29, 0.717) is 36.6 Å². The monoisotopic (exact) mass is 654 g/mol. The molecule has 3 aliphatic heterocycles. The highest BCUT2D eigenvalue weighted by molar-refractivity contribution is 5.98. The zero-order valence-electron chi connectivity index (χ0n) is 27.3. The number of alkyl halides is 3. The van der Waals surface area contributed by atoms with Gasteiger partial charge in [-0.1, -0.05) is 26.0 Å². The van der Waals surface area contributed by atoms with E-state index >= 15 is 0 Å². The summed E-state index contributed by atoms with van der Waals surface area (Å²) in [4.78, 5) is 26.8. The quantitative estimate of drug-likeness (QED) is 0.306. The van der Waals surface area contributed by atoms with Crippen LogP contribution in [0.4, 0.5) is 23.2 Å². The van der Waals surface area contributed by atoms with Crippen molar-refractivity contribution in [1.82, 2.24) is 29.4 Å². The number of amides is 1. The van der Waals surface area contributed by atoms with Crippen LogP contribution < -0.4 is 10.2 Å². The lowest BCUT2D eigenvalue weighted by Gasteiger charge is -2.45. The summed E-state index contributed by atoms with van der Waals surface area (Å²) in [5, 5.41) is 12.7. The Morgan fingerprint density at radius 3 is 2.55 bits per heavy atom. The molecular weight excluding hydrogens is 612 g/mol. The Labute approximate surface area is 272 Å². The van der Waals surface area contributed by atoms with Crippen molar-refractivity contribution in [3.8, 4) is 6.07 Å². The number of carbonyl (C=O) groups is 1. The molecule has 6 rings (SSSR count). The molecule has 13 heteroatoms. The number of piperazine rings is 2. The van der Waals surface area contributed by atoms with Gasteiger partial charge in [0.25, 0.3) is 0 Å². The molecule has 0 aliphatic carbocycles. The summed E-state index contributed by atoms with van der Waals surface area (Å²) >= 11 is 0. The number of nitrogens with one attached hydrogen (secondary N) is 1. The van der Waals surface area contributed by atoms with Gasteiger partial charge in [0, 0.05) is 87.5 Å². The van der Waals surface area contributed by atoms with E-state index in [1.54, 1.807) is 23.1 Å². The average Bonchev–Trinajstić information content (AvgIpc) is 3.56. The van der Waals surface area contributed by atoms with Crippen LogP contribution in [0.3, 0.4) is 0 Å². The Bertz CT molecular complexity index is 1660. The first-order valence-corrected chi connectivity index (χ1v) is 16.2. The van der Waals surface area contributed by atoms with Crippen LogP contribution in [-0.2, 0) is 22.8 Å². The minimum absolute atomic E-state index is 0.0923. The molecule has 1 amide bonds. The zero-order valence-corrected chi connectivity index (χ0v) is 27.3. The summed E-state index contributed by atoms with van der Waals surface area (Å²) < 4.78 is 57.0. The molecule has 1 N–H and O–H groups in total. The Morgan fingerprint density at radius 1 is 1.13 bits per heavy atom. The maximum absolute atomic E-state index is 14.3. The predicted octanol–water partition coefficient (Wildman–Crippen LogP) is 3.90. The van der Waals surface area contributed by atoms with Crippen LogP contribution >= 0.6 is 0 Å². The number of pyridine rings is 1. The second-order valence-electron chi connectivity index (χ2n) is 14.0. The predicted molar refractivity (Wildman–Crippen MR) is 171 cm³/mol. The van der Waals surface area contributed by atoms with Crippen molar-refractivity contribution >= 4 is 17.2 Å². The first-order chi connectivity index (χ1) is 22.2. The van der Waals surface area contributed by atoms with Gasteiger partial charge in [0.1, 0.15) is 11.5 Å². The number of benzene rings is 1. The van der Waals surface area contributed by atoms with Crippen molar-refractivity contribution in [2.45, 2.75) is 63.8 Å². The van der Waals surface area contributed by atoms with Gasteiger partial charge in [-0.05, 0) is 37.6 Å². The van der Waals surface area contributed by atoms with Crippen molar-refractivity contribution in [3.05, 3.63) is 64.9 Å². The third-order valence-corrected chi connectivity index (χ3v) is 9.83. The van der Waals surface area contributed by atoms with Gasteiger partial charge in [0.15, 0.2) is 5.69 Å². The fourth-order valence-electron chi connectivity index (χ4n) is 7.46. The van der Waals surface area contributed by atoms with E-state index in [1.165, 1.54) is 16.5 Å². The minimum Gasteiger partial charge on any atom is -0.311 e. The highest BCUT2D eigenvalue weighted by atomic mass is 19.4. The molecule has 9 nitrogen and oxygen atoms in total. The highest BCUT2D eigenvalue weighted by Crippen LogP contribution is 2.43. The number of hydrogen-bond acceptors (Lipinski definition) is 7. The molecule has 3 aromatic rings. The van der Waals surface area contributed by atoms with Gasteiger partial charge in [-0.15, -0.1) is 0 Å². The van der Waals surface area contributed by atoms with Gasteiger partial charge in [-0.25, -0.2) is 9.37 Å². The topological polar surface area (TPSA) is 83.2 Å². The lowest BCUT2D eigenvalue weighted by Crippen LogP contribution is -2.63. The molecule has 0 unspecified atom stereocenters. The third kappa shape index (κ3) is 6.88. The molecule has 47 heavy (non-hydrogen) atoms. The second-order valence-corrected chi connectivity index (χ2v) is 14.0. The summed E-state index contributed by atoms with van der Waals surface area (Å²) in [5.41, 5.74) is 0.990. The molecule has 2 aromatic heterocycles. The zero-order chi connectivity index (χ0) is 33.7. The first-order valence-electron chi connectivity index (χ1n) is 16.2. The summed E-state index contributed by atoms with van der Waals surface area (Å²) in [5.74, 6) is -0.506. The molecule has 252 valence electrons. The summed E-state index contributed by atoms with van der Waals surface area (Å²) in [6.45, 7) is 13.8. The van der Waals surface area contributed by atoms with E-state index in [-0.39, 0.29) is 42.6 Å².